The number of hydrogen-bond donors (Lipinski definition) is 2. The fraction of sp³-hybridized carbons (Fsp3) is 0.786. The van der Waals surface area contributed by atoms with Crippen molar-refractivity contribution in [3.05, 3.63) is 17.5 Å². The van der Waals surface area contributed by atoms with Crippen LogP contribution in [-0.2, 0) is 6.54 Å². The minimum Gasteiger partial charge on any atom is -0.361 e. The lowest BCUT2D eigenvalue weighted by atomic mass is 10.1. The van der Waals surface area contributed by atoms with Crippen LogP contribution in [0.25, 0.3) is 0 Å². The molecule has 4 nitrogen and oxygen atoms in total. The highest BCUT2D eigenvalue weighted by Gasteiger charge is 2.27. The quantitative estimate of drug-likeness (QED) is 0.815. The van der Waals surface area contributed by atoms with Gasteiger partial charge in [-0.15, -0.1) is 0 Å². The van der Waals surface area contributed by atoms with Gasteiger partial charge in [0.15, 0.2) is 0 Å². The standard InChI is InChI=1S/C14H25N3O/c1-10(8-16-14(2,3)4)15-9-12-7-13(18-17-12)11-5-6-11/h7,10-11,15-16H,5-6,8-9H2,1-4H3. The van der Waals surface area contributed by atoms with Gasteiger partial charge in [-0.3, -0.25) is 0 Å². The highest BCUT2D eigenvalue weighted by Crippen LogP contribution is 2.40. The molecule has 0 spiro atoms. The molecule has 0 aliphatic heterocycles. The van der Waals surface area contributed by atoms with Crippen LogP contribution < -0.4 is 10.6 Å². The third kappa shape index (κ3) is 4.42. The molecule has 1 saturated carbocycles. The summed E-state index contributed by atoms with van der Waals surface area (Å²) < 4.78 is 5.33. The van der Waals surface area contributed by atoms with Gasteiger partial charge < -0.3 is 15.2 Å². The van der Waals surface area contributed by atoms with Gasteiger partial charge in [-0.25, -0.2) is 0 Å². The van der Waals surface area contributed by atoms with E-state index in [0.29, 0.717) is 12.0 Å². The van der Waals surface area contributed by atoms with Gasteiger partial charge in [-0.2, -0.15) is 0 Å². The van der Waals surface area contributed by atoms with Crippen molar-refractivity contribution in [2.45, 2.75) is 64.6 Å². The van der Waals surface area contributed by atoms with E-state index in [2.05, 4.69) is 49.6 Å². The summed E-state index contributed by atoms with van der Waals surface area (Å²) in [5.41, 5.74) is 1.18. The first kappa shape index (κ1) is 13.6. The SMILES string of the molecule is CC(CNC(C)(C)C)NCc1cc(C2CC2)on1. The van der Waals surface area contributed by atoms with E-state index in [1.807, 2.05) is 0 Å². The molecular weight excluding hydrogens is 226 g/mol. The van der Waals surface area contributed by atoms with E-state index >= 15 is 0 Å². The highest BCUT2D eigenvalue weighted by molar-refractivity contribution is 5.14. The Balaban J connectivity index is 1.69. The van der Waals surface area contributed by atoms with Crippen molar-refractivity contribution in [3.8, 4) is 0 Å². The molecule has 1 aromatic rings. The summed E-state index contributed by atoms with van der Waals surface area (Å²) in [5, 5.41) is 11.0. The molecule has 18 heavy (non-hydrogen) atoms. The Morgan fingerprint density at radius 3 is 2.78 bits per heavy atom. The highest BCUT2D eigenvalue weighted by atomic mass is 16.5. The van der Waals surface area contributed by atoms with Crippen molar-refractivity contribution in [2.24, 2.45) is 0 Å². The third-order valence-electron chi connectivity index (χ3n) is 3.13. The zero-order valence-electron chi connectivity index (χ0n) is 11.9. The van der Waals surface area contributed by atoms with Crippen LogP contribution in [0, 0.1) is 0 Å². The maximum atomic E-state index is 5.33. The van der Waals surface area contributed by atoms with Crippen molar-refractivity contribution >= 4 is 0 Å². The van der Waals surface area contributed by atoms with Crippen molar-refractivity contribution < 1.29 is 4.52 Å². The summed E-state index contributed by atoms with van der Waals surface area (Å²) in [5.74, 6) is 1.71. The van der Waals surface area contributed by atoms with Crippen LogP contribution in [0.1, 0.15) is 57.9 Å². The van der Waals surface area contributed by atoms with Gasteiger partial charge in [0.1, 0.15) is 5.76 Å². The normalized spacial score (nSPS) is 18.0. The van der Waals surface area contributed by atoms with Gasteiger partial charge in [0, 0.05) is 36.7 Å². The largest absolute Gasteiger partial charge is 0.361 e. The molecule has 2 rings (SSSR count). The molecule has 0 bridgehead atoms. The molecule has 0 radical (unpaired) electrons. The Morgan fingerprint density at radius 2 is 2.17 bits per heavy atom. The Morgan fingerprint density at radius 1 is 1.44 bits per heavy atom. The molecule has 1 aromatic heterocycles. The van der Waals surface area contributed by atoms with Crippen LogP contribution in [0.3, 0.4) is 0 Å². The molecule has 0 aromatic carbocycles. The summed E-state index contributed by atoms with van der Waals surface area (Å²) in [4.78, 5) is 0. The monoisotopic (exact) mass is 251 g/mol. The zero-order valence-corrected chi connectivity index (χ0v) is 11.9. The Hall–Kier alpha value is -0.870. The van der Waals surface area contributed by atoms with Crippen molar-refractivity contribution in [3.63, 3.8) is 0 Å². The first-order valence-corrected chi connectivity index (χ1v) is 6.88. The molecule has 102 valence electrons. The number of hydrogen-bond acceptors (Lipinski definition) is 4. The lowest BCUT2D eigenvalue weighted by Gasteiger charge is -2.23. The van der Waals surface area contributed by atoms with Gasteiger partial charge in [-0.1, -0.05) is 5.16 Å². The van der Waals surface area contributed by atoms with Crippen LogP contribution in [0.15, 0.2) is 10.6 Å². The van der Waals surface area contributed by atoms with E-state index in [4.69, 9.17) is 4.52 Å². The third-order valence-corrected chi connectivity index (χ3v) is 3.13. The van der Waals surface area contributed by atoms with Crippen LogP contribution in [0.2, 0.25) is 0 Å². The van der Waals surface area contributed by atoms with Gasteiger partial charge in [0.05, 0.1) is 5.69 Å². The minimum absolute atomic E-state index is 0.170. The van der Waals surface area contributed by atoms with E-state index in [-0.39, 0.29) is 5.54 Å². The average molecular weight is 251 g/mol. The lowest BCUT2D eigenvalue weighted by molar-refractivity contribution is 0.367. The molecule has 1 aliphatic rings. The van der Waals surface area contributed by atoms with Gasteiger partial charge in [-0.05, 0) is 40.5 Å². The van der Waals surface area contributed by atoms with Crippen LogP contribution in [0.4, 0.5) is 0 Å². The molecule has 1 fully saturated rings. The molecule has 0 amide bonds. The fourth-order valence-corrected chi connectivity index (χ4v) is 1.78. The molecule has 1 heterocycles. The summed E-state index contributed by atoms with van der Waals surface area (Å²) in [6, 6.07) is 2.51. The number of aromatic nitrogens is 1. The molecule has 4 heteroatoms. The second kappa shape index (κ2) is 5.41. The van der Waals surface area contributed by atoms with Crippen LogP contribution in [-0.4, -0.2) is 23.3 Å². The van der Waals surface area contributed by atoms with Gasteiger partial charge in [0.2, 0.25) is 0 Å². The first-order valence-electron chi connectivity index (χ1n) is 6.88. The lowest BCUT2D eigenvalue weighted by Crippen LogP contribution is -2.44. The molecule has 1 atom stereocenters. The summed E-state index contributed by atoms with van der Waals surface area (Å²) in [6.07, 6.45) is 2.52. The second-order valence-corrected chi connectivity index (χ2v) is 6.41. The fourth-order valence-electron chi connectivity index (χ4n) is 1.78. The maximum absolute atomic E-state index is 5.33. The average Bonchev–Trinajstić information content (AvgIpc) is 3.03. The second-order valence-electron chi connectivity index (χ2n) is 6.41. The van der Waals surface area contributed by atoms with E-state index in [0.717, 1.165) is 24.5 Å². The van der Waals surface area contributed by atoms with Crippen LogP contribution in [0.5, 0.6) is 0 Å². The van der Waals surface area contributed by atoms with Gasteiger partial charge in [0.25, 0.3) is 0 Å². The summed E-state index contributed by atoms with van der Waals surface area (Å²) in [7, 11) is 0. The Bertz CT molecular complexity index is 377. The number of nitrogens with one attached hydrogen (secondary N) is 2. The maximum Gasteiger partial charge on any atom is 0.140 e. The summed E-state index contributed by atoms with van der Waals surface area (Å²) in [6.45, 7) is 10.5. The minimum atomic E-state index is 0.170. The van der Waals surface area contributed by atoms with E-state index in [1.54, 1.807) is 0 Å². The van der Waals surface area contributed by atoms with Gasteiger partial charge >= 0.3 is 0 Å². The number of rotatable bonds is 6. The van der Waals surface area contributed by atoms with Crippen molar-refractivity contribution in [1.29, 1.82) is 0 Å². The predicted molar refractivity (Wildman–Crippen MR) is 72.5 cm³/mol. The predicted octanol–water partition coefficient (Wildman–Crippen LogP) is 2.42. The van der Waals surface area contributed by atoms with E-state index in [1.165, 1.54) is 12.8 Å². The first-order chi connectivity index (χ1) is 8.44. The number of nitrogens with zero attached hydrogens (tertiary/aromatic N) is 1. The Labute approximate surface area is 110 Å². The topological polar surface area (TPSA) is 50.1 Å². The molecule has 2 N–H and O–H groups in total. The Kier molecular flexibility index (Phi) is 4.07. The molecule has 1 unspecified atom stereocenters. The smallest absolute Gasteiger partial charge is 0.140 e. The molecule has 1 aliphatic carbocycles. The van der Waals surface area contributed by atoms with Crippen LogP contribution >= 0.6 is 0 Å². The van der Waals surface area contributed by atoms with E-state index < -0.39 is 0 Å². The summed E-state index contributed by atoms with van der Waals surface area (Å²) >= 11 is 0. The molecule has 0 saturated heterocycles. The van der Waals surface area contributed by atoms with Crippen molar-refractivity contribution in [1.82, 2.24) is 15.8 Å². The zero-order chi connectivity index (χ0) is 13.2. The molecular formula is C14H25N3O. The van der Waals surface area contributed by atoms with Crippen molar-refractivity contribution in [2.75, 3.05) is 6.54 Å². The van der Waals surface area contributed by atoms with E-state index in [9.17, 15) is 0 Å².